The Balaban J connectivity index is 1.06. The Labute approximate surface area is 575 Å². The summed E-state index contributed by atoms with van der Waals surface area (Å²) in [4.78, 5) is 32.5. The number of aromatic nitrogens is 6. The largest absolute Gasteiger partial charge is 0.254 e. The van der Waals surface area contributed by atoms with Crippen LogP contribution in [-0.4, -0.2) is 29.9 Å². The van der Waals surface area contributed by atoms with E-state index in [-0.39, 0.29) is 0 Å². The molecule has 0 N–H and O–H groups in total. The molecule has 494 valence electrons. The van der Waals surface area contributed by atoms with Crippen LogP contribution in [0.1, 0.15) is 215 Å². The van der Waals surface area contributed by atoms with E-state index >= 15 is 0 Å². The third-order valence-corrected chi connectivity index (χ3v) is 19.8. The van der Waals surface area contributed by atoms with Crippen LogP contribution in [0.2, 0.25) is 0 Å². The molecule has 6 heteroatoms. The number of aryl methyl sites for hydroxylation is 6. The molecule has 7 aromatic carbocycles. The van der Waals surface area contributed by atoms with Crippen LogP contribution in [-0.2, 0) is 25.7 Å². The van der Waals surface area contributed by atoms with Gasteiger partial charge in [0.1, 0.15) is 5.69 Å². The highest BCUT2D eigenvalue weighted by Crippen LogP contribution is 2.40. The van der Waals surface area contributed by atoms with Crippen LogP contribution in [0.25, 0.3) is 112 Å². The molecule has 4 heterocycles. The maximum absolute atomic E-state index is 5.77. The molecule has 0 atom stereocenters. The van der Waals surface area contributed by atoms with E-state index < -0.39 is 0 Å². The van der Waals surface area contributed by atoms with Gasteiger partial charge >= 0.3 is 0 Å². The monoisotopic (exact) mass is 1270 g/mol. The summed E-state index contributed by atoms with van der Waals surface area (Å²) in [6, 6.07) is 64.8. The van der Waals surface area contributed by atoms with Crippen molar-refractivity contribution in [1.29, 1.82) is 0 Å². The van der Waals surface area contributed by atoms with Gasteiger partial charge < -0.3 is 0 Å². The summed E-state index contributed by atoms with van der Waals surface area (Å²) in [5, 5.41) is 2.13. The molecular weight excluding hydrogens is 1170 g/mol. The lowest BCUT2D eigenvalue weighted by Crippen LogP contribution is -2.04. The Morgan fingerprint density at radius 2 is 0.708 bits per heavy atom. The number of rotatable bonds is 36. The van der Waals surface area contributed by atoms with Gasteiger partial charge in [-0.15, -0.1) is 0 Å². The highest BCUT2D eigenvalue weighted by atomic mass is 14.9. The molecule has 4 aromatic heterocycles. The van der Waals surface area contributed by atoms with Crippen molar-refractivity contribution in [2.24, 2.45) is 0 Å². The molecule has 0 radical (unpaired) electrons. The maximum Gasteiger partial charge on any atom is 0.179 e. The minimum absolute atomic E-state index is 0.658. The van der Waals surface area contributed by atoms with E-state index in [0.29, 0.717) is 11.6 Å². The standard InChI is InChI=1S/C90H104N6/c1-7-11-15-19-23-28-38-73-60-80(75(58-66(73)6)39-29-24-20-16-12-8-2)85-64-86(96-90(95-85)82-56-55-71-54-53-70-44-35-57-91-87(70)88(71)92-82)81-62-76(40-30-25-21-17-13-9-3)79(61-77(81)41-31-26-22-18-14-10-4)68-49-51-69(52-50-68)83-63-84(94-89(93-83)72-36-32-27-33-37-72)78-43-34-42-74(59-78)67-47-45-65(5)46-48-67/h27,32-37,42-64H,7-26,28-31,38-41H2,1-6H3. The van der Waals surface area contributed by atoms with Crippen molar-refractivity contribution in [1.82, 2.24) is 29.9 Å². The molecule has 0 aliphatic carbocycles. The number of pyridine rings is 2. The fraction of sp³-hybridized carbons (Fsp3) is 0.378. The molecule has 0 amide bonds. The minimum atomic E-state index is 0.658. The van der Waals surface area contributed by atoms with Crippen molar-refractivity contribution in [2.45, 2.75) is 221 Å². The van der Waals surface area contributed by atoms with Gasteiger partial charge in [0.2, 0.25) is 0 Å². The van der Waals surface area contributed by atoms with Crippen molar-refractivity contribution in [3.8, 4) is 90.2 Å². The van der Waals surface area contributed by atoms with Crippen LogP contribution in [0.4, 0.5) is 0 Å². The smallest absolute Gasteiger partial charge is 0.179 e. The molecule has 0 unspecified atom stereocenters. The molecule has 11 rings (SSSR count). The Morgan fingerprint density at radius 1 is 0.260 bits per heavy atom. The van der Waals surface area contributed by atoms with Crippen LogP contribution in [0, 0.1) is 13.8 Å². The molecule has 0 fully saturated rings. The minimum Gasteiger partial charge on any atom is -0.254 e. The van der Waals surface area contributed by atoms with Crippen molar-refractivity contribution in [3.05, 3.63) is 216 Å². The van der Waals surface area contributed by atoms with Gasteiger partial charge in [0.25, 0.3) is 0 Å². The van der Waals surface area contributed by atoms with Crippen molar-refractivity contribution >= 4 is 21.8 Å². The predicted molar refractivity (Wildman–Crippen MR) is 410 cm³/mol. The number of fused-ring (bicyclic) bond motifs is 3. The first-order valence-corrected chi connectivity index (χ1v) is 37.3. The van der Waals surface area contributed by atoms with E-state index in [2.05, 4.69) is 211 Å². The third kappa shape index (κ3) is 18.3. The van der Waals surface area contributed by atoms with Gasteiger partial charge in [-0.05, 0) is 158 Å². The normalized spacial score (nSPS) is 11.6. The summed E-state index contributed by atoms with van der Waals surface area (Å²) in [6.07, 6.45) is 35.9. The quantitative estimate of drug-likeness (QED) is 0.0288. The molecule has 0 aliphatic heterocycles. The number of hydrogen-bond acceptors (Lipinski definition) is 6. The summed E-state index contributed by atoms with van der Waals surface area (Å²) in [6.45, 7) is 13.7. The second-order valence-corrected chi connectivity index (χ2v) is 27.4. The summed E-state index contributed by atoms with van der Waals surface area (Å²) in [5.74, 6) is 1.37. The molecular formula is C90H104N6. The average molecular weight is 1270 g/mol. The molecule has 96 heavy (non-hydrogen) atoms. The zero-order valence-electron chi connectivity index (χ0n) is 58.8. The number of unbranched alkanes of at least 4 members (excludes halogenated alkanes) is 20. The third-order valence-electron chi connectivity index (χ3n) is 19.8. The maximum atomic E-state index is 5.77. The van der Waals surface area contributed by atoms with Crippen LogP contribution in [0.5, 0.6) is 0 Å². The Hall–Kier alpha value is -8.48. The first-order chi connectivity index (χ1) is 47.3. The fourth-order valence-electron chi connectivity index (χ4n) is 14.1. The van der Waals surface area contributed by atoms with Crippen molar-refractivity contribution in [3.63, 3.8) is 0 Å². The summed E-state index contributed by atoms with van der Waals surface area (Å²) in [5.41, 5.74) is 25.0. The first kappa shape index (κ1) is 68.9. The Kier molecular flexibility index (Phi) is 25.5. The lowest BCUT2D eigenvalue weighted by Gasteiger charge is -2.20. The van der Waals surface area contributed by atoms with E-state index in [0.717, 1.165) is 117 Å². The summed E-state index contributed by atoms with van der Waals surface area (Å²) < 4.78 is 0. The van der Waals surface area contributed by atoms with Crippen molar-refractivity contribution < 1.29 is 0 Å². The van der Waals surface area contributed by atoms with E-state index in [1.807, 2.05) is 12.3 Å². The molecule has 0 saturated carbocycles. The summed E-state index contributed by atoms with van der Waals surface area (Å²) in [7, 11) is 0. The number of hydrogen-bond donors (Lipinski definition) is 0. The van der Waals surface area contributed by atoms with Crippen LogP contribution in [0.3, 0.4) is 0 Å². The Bertz CT molecular complexity index is 4260. The zero-order chi connectivity index (χ0) is 66.3. The van der Waals surface area contributed by atoms with Gasteiger partial charge in [-0.3, -0.25) is 4.98 Å². The van der Waals surface area contributed by atoms with E-state index in [4.69, 9.17) is 29.9 Å². The molecule has 0 aliphatic rings. The molecule has 6 nitrogen and oxygen atoms in total. The second kappa shape index (κ2) is 35.5. The average Bonchev–Trinajstić information content (AvgIpc) is 0.782. The highest BCUT2D eigenvalue weighted by Gasteiger charge is 2.22. The van der Waals surface area contributed by atoms with Gasteiger partial charge in [-0.1, -0.05) is 295 Å². The second-order valence-electron chi connectivity index (χ2n) is 27.4. The molecule has 0 saturated heterocycles. The lowest BCUT2D eigenvalue weighted by molar-refractivity contribution is 0.605. The van der Waals surface area contributed by atoms with Gasteiger partial charge in [0, 0.05) is 44.8 Å². The van der Waals surface area contributed by atoms with Crippen LogP contribution in [0.15, 0.2) is 182 Å². The van der Waals surface area contributed by atoms with Gasteiger partial charge in [-0.2, -0.15) is 0 Å². The first-order valence-electron chi connectivity index (χ1n) is 37.3. The van der Waals surface area contributed by atoms with Gasteiger partial charge in [0.15, 0.2) is 11.6 Å². The topological polar surface area (TPSA) is 77.3 Å². The molecule has 0 spiro atoms. The number of benzene rings is 7. The SMILES string of the molecule is CCCCCCCCc1cc(-c2cc(-c3cc(CCCCCCCC)c(-c4ccc(-c5cc(-c6cccc(-c7ccc(C)cc7)c6)nc(-c6ccccc6)n5)cc4)cc3CCCCCCCC)nc(-c3ccc4ccc5cccnc5c4n3)n2)c(CCCCCCCC)cc1C. The van der Waals surface area contributed by atoms with E-state index in [9.17, 15) is 0 Å². The van der Waals surface area contributed by atoms with Crippen LogP contribution >= 0.6 is 0 Å². The lowest BCUT2D eigenvalue weighted by atomic mass is 9.87. The van der Waals surface area contributed by atoms with E-state index in [1.165, 1.54) is 196 Å². The van der Waals surface area contributed by atoms with E-state index in [1.54, 1.807) is 0 Å². The molecule has 11 aromatic rings. The van der Waals surface area contributed by atoms with Gasteiger partial charge in [-0.25, -0.2) is 24.9 Å². The summed E-state index contributed by atoms with van der Waals surface area (Å²) >= 11 is 0. The highest BCUT2D eigenvalue weighted by molar-refractivity contribution is 6.03. The predicted octanol–water partition coefficient (Wildman–Crippen LogP) is 25.9. The number of nitrogens with zero attached hydrogens (tertiary/aromatic N) is 6. The molecule has 0 bridgehead atoms. The van der Waals surface area contributed by atoms with Crippen LogP contribution < -0.4 is 0 Å². The Morgan fingerprint density at radius 3 is 1.31 bits per heavy atom. The van der Waals surface area contributed by atoms with Gasteiger partial charge in [0.05, 0.1) is 33.8 Å². The van der Waals surface area contributed by atoms with Crippen molar-refractivity contribution in [2.75, 3.05) is 0 Å². The zero-order valence-corrected chi connectivity index (χ0v) is 58.8. The fourth-order valence-corrected chi connectivity index (χ4v) is 14.1.